The quantitative estimate of drug-likeness (QED) is 0.818. The third kappa shape index (κ3) is 4.35. The van der Waals surface area contributed by atoms with Crippen molar-refractivity contribution < 1.29 is 9.90 Å². The molecule has 1 fully saturated rings. The molecule has 3 unspecified atom stereocenters. The highest BCUT2D eigenvalue weighted by atomic mass is 35.5. The summed E-state index contributed by atoms with van der Waals surface area (Å²) in [5, 5.41) is 8.96. The maximum atomic E-state index is 10.9. The van der Waals surface area contributed by atoms with Crippen LogP contribution in [0.3, 0.4) is 0 Å². The summed E-state index contributed by atoms with van der Waals surface area (Å²) < 4.78 is 1.47. The molecular formula is C15H21Cl2NO2S. The minimum absolute atomic E-state index is 0.207. The topological polar surface area (TPSA) is 40.5 Å². The summed E-state index contributed by atoms with van der Waals surface area (Å²) in [4.78, 5) is 13.3. The molecule has 0 amide bonds. The van der Waals surface area contributed by atoms with Crippen LogP contribution in [0.2, 0.25) is 8.67 Å². The Morgan fingerprint density at radius 3 is 2.81 bits per heavy atom. The number of likely N-dealkylation sites (tertiary alicyclic amines) is 1. The average Bonchev–Trinajstić information content (AvgIpc) is 2.76. The highest BCUT2D eigenvalue weighted by Crippen LogP contribution is 2.39. The summed E-state index contributed by atoms with van der Waals surface area (Å²) in [5.74, 6) is -0.0652. The van der Waals surface area contributed by atoms with Crippen LogP contribution >= 0.6 is 34.5 Å². The first-order valence-electron chi connectivity index (χ1n) is 7.29. The number of carboxylic acids is 1. The molecule has 1 aromatic heterocycles. The standard InChI is InChI=1S/C15H21Cl2NO2S/c1-9(6-14(19)20)11-4-3-5-18(8-11)10(2)12-7-13(16)21-15(12)17/h7,9-11H,3-6,8H2,1-2H3,(H,19,20). The van der Waals surface area contributed by atoms with Gasteiger partial charge in [-0.15, -0.1) is 11.3 Å². The van der Waals surface area contributed by atoms with Gasteiger partial charge in [-0.3, -0.25) is 9.69 Å². The van der Waals surface area contributed by atoms with Gasteiger partial charge < -0.3 is 5.11 Å². The van der Waals surface area contributed by atoms with Crippen LogP contribution in [0.5, 0.6) is 0 Å². The number of thiophene rings is 1. The van der Waals surface area contributed by atoms with Gasteiger partial charge in [0.1, 0.15) is 0 Å². The summed E-state index contributed by atoms with van der Waals surface area (Å²) in [6.45, 7) is 6.15. The van der Waals surface area contributed by atoms with Crippen molar-refractivity contribution in [1.29, 1.82) is 0 Å². The van der Waals surface area contributed by atoms with Crippen LogP contribution in [0.1, 0.15) is 44.7 Å². The molecule has 3 nitrogen and oxygen atoms in total. The van der Waals surface area contributed by atoms with E-state index in [-0.39, 0.29) is 18.4 Å². The molecule has 2 heterocycles. The number of nitrogens with zero attached hydrogens (tertiary/aromatic N) is 1. The number of hydrogen-bond donors (Lipinski definition) is 1. The van der Waals surface area contributed by atoms with Crippen LogP contribution < -0.4 is 0 Å². The smallest absolute Gasteiger partial charge is 0.303 e. The van der Waals surface area contributed by atoms with Gasteiger partial charge in [-0.1, -0.05) is 30.1 Å². The summed E-state index contributed by atoms with van der Waals surface area (Å²) in [5.41, 5.74) is 1.08. The number of carboxylic acid groups (broad SMARTS) is 1. The summed E-state index contributed by atoms with van der Waals surface area (Å²) in [6, 6.07) is 2.17. The fraction of sp³-hybridized carbons (Fsp3) is 0.667. The van der Waals surface area contributed by atoms with Crippen LogP contribution in [0.25, 0.3) is 0 Å². The predicted molar refractivity (Wildman–Crippen MR) is 88.5 cm³/mol. The molecule has 0 radical (unpaired) electrons. The van der Waals surface area contributed by atoms with Crippen molar-refractivity contribution in [3.8, 4) is 0 Å². The fourth-order valence-electron chi connectivity index (χ4n) is 3.13. The molecule has 1 saturated heterocycles. The van der Waals surface area contributed by atoms with Gasteiger partial charge in [0.2, 0.25) is 0 Å². The normalized spacial score (nSPS) is 23.0. The number of rotatable bonds is 5. The fourth-order valence-corrected chi connectivity index (χ4v) is 4.77. The van der Waals surface area contributed by atoms with E-state index in [2.05, 4.69) is 11.8 Å². The zero-order chi connectivity index (χ0) is 15.6. The molecule has 0 spiro atoms. The molecule has 21 heavy (non-hydrogen) atoms. The second-order valence-corrected chi connectivity index (χ2v) is 8.21. The van der Waals surface area contributed by atoms with Gasteiger partial charge in [-0.05, 0) is 44.2 Å². The Balaban J connectivity index is 2.03. The Morgan fingerprint density at radius 1 is 1.52 bits per heavy atom. The van der Waals surface area contributed by atoms with Crippen LogP contribution in [-0.4, -0.2) is 29.1 Å². The minimum atomic E-state index is -0.708. The molecule has 118 valence electrons. The highest BCUT2D eigenvalue weighted by molar-refractivity contribution is 7.20. The van der Waals surface area contributed by atoms with E-state index in [1.807, 2.05) is 13.0 Å². The Bertz CT molecular complexity index is 506. The van der Waals surface area contributed by atoms with E-state index >= 15 is 0 Å². The summed E-state index contributed by atoms with van der Waals surface area (Å²) in [7, 11) is 0. The van der Waals surface area contributed by atoms with Gasteiger partial charge in [0.25, 0.3) is 0 Å². The van der Waals surface area contributed by atoms with Crippen LogP contribution in [0, 0.1) is 11.8 Å². The first kappa shape index (κ1) is 17.1. The lowest BCUT2D eigenvalue weighted by molar-refractivity contribution is -0.138. The second-order valence-electron chi connectivity index (χ2n) is 5.93. The minimum Gasteiger partial charge on any atom is -0.481 e. The van der Waals surface area contributed by atoms with Gasteiger partial charge >= 0.3 is 5.97 Å². The summed E-state index contributed by atoms with van der Waals surface area (Å²) in [6.07, 6.45) is 2.46. The predicted octanol–water partition coefficient (Wildman–Crippen LogP) is 4.94. The van der Waals surface area contributed by atoms with Gasteiger partial charge in [-0.25, -0.2) is 0 Å². The maximum Gasteiger partial charge on any atom is 0.303 e. The van der Waals surface area contributed by atoms with Crippen molar-refractivity contribution in [2.45, 2.75) is 39.2 Å². The molecule has 2 rings (SSSR count). The number of hydrogen-bond acceptors (Lipinski definition) is 3. The van der Waals surface area contributed by atoms with Crippen molar-refractivity contribution in [3.05, 3.63) is 20.3 Å². The Kier molecular flexibility index (Phi) is 5.95. The van der Waals surface area contributed by atoms with Gasteiger partial charge in [0.15, 0.2) is 0 Å². The van der Waals surface area contributed by atoms with Crippen molar-refractivity contribution in [1.82, 2.24) is 4.90 Å². The number of piperidine rings is 1. The van der Waals surface area contributed by atoms with E-state index in [0.29, 0.717) is 5.92 Å². The van der Waals surface area contributed by atoms with E-state index in [9.17, 15) is 4.79 Å². The lowest BCUT2D eigenvalue weighted by Crippen LogP contribution is -2.39. The first-order valence-corrected chi connectivity index (χ1v) is 8.86. The lowest BCUT2D eigenvalue weighted by atomic mass is 9.84. The van der Waals surface area contributed by atoms with E-state index in [1.165, 1.54) is 11.3 Å². The number of carbonyl (C=O) groups is 1. The Hall–Kier alpha value is -0.290. The zero-order valence-electron chi connectivity index (χ0n) is 12.3. The second kappa shape index (κ2) is 7.32. The molecule has 0 aromatic carbocycles. The van der Waals surface area contributed by atoms with Gasteiger partial charge in [0, 0.05) is 24.6 Å². The maximum absolute atomic E-state index is 10.9. The number of aliphatic carboxylic acids is 1. The van der Waals surface area contributed by atoms with Gasteiger partial charge in [0.05, 0.1) is 8.67 Å². The van der Waals surface area contributed by atoms with E-state index < -0.39 is 5.97 Å². The first-order chi connectivity index (χ1) is 9.88. The Morgan fingerprint density at radius 2 is 2.24 bits per heavy atom. The monoisotopic (exact) mass is 349 g/mol. The summed E-state index contributed by atoms with van der Waals surface area (Å²) >= 11 is 13.7. The van der Waals surface area contributed by atoms with Gasteiger partial charge in [-0.2, -0.15) is 0 Å². The van der Waals surface area contributed by atoms with E-state index in [1.54, 1.807) is 0 Å². The van der Waals surface area contributed by atoms with Crippen molar-refractivity contribution in [2.24, 2.45) is 11.8 Å². The SMILES string of the molecule is CC(CC(=O)O)C1CCCN(C(C)c2cc(Cl)sc2Cl)C1. The molecule has 3 atom stereocenters. The molecule has 1 N–H and O–H groups in total. The van der Waals surface area contributed by atoms with Crippen LogP contribution in [-0.2, 0) is 4.79 Å². The zero-order valence-corrected chi connectivity index (χ0v) is 14.6. The molecule has 1 aromatic rings. The van der Waals surface area contributed by atoms with Crippen LogP contribution in [0.4, 0.5) is 0 Å². The molecule has 1 aliphatic heterocycles. The van der Waals surface area contributed by atoms with E-state index in [0.717, 1.165) is 40.2 Å². The third-order valence-electron chi connectivity index (χ3n) is 4.47. The molecule has 0 saturated carbocycles. The van der Waals surface area contributed by atoms with Crippen LogP contribution in [0.15, 0.2) is 6.07 Å². The van der Waals surface area contributed by atoms with Crippen molar-refractivity contribution >= 4 is 40.5 Å². The lowest BCUT2D eigenvalue weighted by Gasteiger charge is -2.39. The average molecular weight is 350 g/mol. The molecule has 1 aliphatic rings. The molecular weight excluding hydrogens is 329 g/mol. The third-order valence-corrected chi connectivity index (χ3v) is 5.99. The molecule has 0 bridgehead atoms. The molecule has 0 aliphatic carbocycles. The van der Waals surface area contributed by atoms with E-state index in [4.69, 9.17) is 28.3 Å². The van der Waals surface area contributed by atoms with Crippen molar-refractivity contribution in [2.75, 3.05) is 13.1 Å². The molecule has 6 heteroatoms. The highest BCUT2D eigenvalue weighted by Gasteiger charge is 2.29. The number of halogens is 2. The van der Waals surface area contributed by atoms with Crippen molar-refractivity contribution in [3.63, 3.8) is 0 Å². The largest absolute Gasteiger partial charge is 0.481 e. The Labute approximate surface area is 139 Å².